The van der Waals surface area contributed by atoms with Crippen LogP contribution in [0.3, 0.4) is 0 Å². The van der Waals surface area contributed by atoms with Crippen molar-refractivity contribution in [1.82, 2.24) is 9.55 Å². The molecule has 2 aliphatic heterocycles. The molecular weight excluding hydrogens is 275 g/mol. The van der Waals surface area contributed by atoms with E-state index in [-0.39, 0.29) is 6.61 Å². The Kier molecular flexibility index (Phi) is 2.68. The van der Waals surface area contributed by atoms with Crippen LogP contribution in [0.25, 0.3) is 0 Å². The minimum Gasteiger partial charge on any atom is -0.431 e. The number of H-pyrrole nitrogens is 1. The van der Waals surface area contributed by atoms with Crippen molar-refractivity contribution in [2.75, 3.05) is 6.61 Å². The maximum absolute atomic E-state index is 14.8. The largest absolute Gasteiger partial charge is 0.508 e. The number of hydrogen-bond acceptors (Lipinski definition) is 6. The molecule has 20 heavy (non-hydrogen) atoms. The second-order valence-corrected chi connectivity index (χ2v) is 4.79. The number of fused-ring (bicyclic) bond motifs is 1. The highest BCUT2D eigenvalue weighted by Crippen LogP contribution is 2.43. The highest BCUT2D eigenvalue weighted by molar-refractivity contribution is 5.61. The Balaban J connectivity index is 2.00. The zero-order valence-electron chi connectivity index (χ0n) is 10.4. The number of hydrogen-bond donors (Lipinski definition) is 1. The van der Waals surface area contributed by atoms with Gasteiger partial charge in [-0.2, -0.15) is 0 Å². The van der Waals surface area contributed by atoms with Crippen molar-refractivity contribution in [2.45, 2.75) is 31.0 Å². The molecule has 0 radical (unpaired) electrons. The number of carbonyl (C=O) groups excluding carboxylic acids is 1. The highest BCUT2D eigenvalue weighted by atomic mass is 19.1. The van der Waals surface area contributed by atoms with Crippen LogP contribution in [0.1, 0.15) is 13.2 Å². The lowest BCUT2D eigenvalue weighted by Crippen LogP contribution is -2.48. The van der Waals surface area contributed by atoms with Gasteiger partial charge in [-0.15, -0.1) is 0 Å². The number of cyclic esters (lactones) is 1. The zero-order valence-corrected chi connectivity index (χ0v) is 10.4. The number of aromatic amines is 1. The van der Waals surface area contributed by atoms with E-state index in [1.54, 1.807) is 0 Å². The molecule has 0 aromatic carbocycles. The number of carbonyl (C=O) groups is 1. The predicted molar refractivity (Wildman–Crippen MR) is 61.0 cm³/mol. The molecule has 0 amide bonds. The van der Waals surface area contributed by atoms with Gasteiger partial charge >= 0.3 is 11.8 Å². The Morgan fingerprint density at radius 3 is 2.90 bits per heavy atom. The van der Waals surface area contributed by atoms with Crippen LogP contribution in [0.4, 0.5) is 9.18 Å². The van der Waals surface area contributed by atoms with Crippen molar-refractivity contribution < 1.29 is 23.4 Å². The standard InChI is InChI=1S/C11H11FN2O6/c1-11(12)7-5(4-18-10(17)20-7)19-8(11)14-3-2-6(15)13-9(14)16/h2-3,5,7-8H,4H2,1H3,(H,13,15,16)/t5?,7-,8?,11-/m1/s1. The fourth-order valence-electron chi connectivity index (χ4n) is 2.43. The highest BCUT2D eigenvalue weighted by Gasteiger charge is 2.60. The second-order valence-electron chi connectivity index (χ2n) is 4.79. The smallest absolute Gasteiger partial charge is 0.431 e. The average Bonchev–Trinajstić information content (AvgIpc) is 2.62. The van der Waals surface area contributed by atoms with Crippen LogP contribution in [-0.4, -0.2) is 40.2 Å². The van der Waals surface area contributed by atoms with E-state index in [1.165, 1.54) is 6.92 Å². The molecule has 2 aliphatic rings. The molecule has 3 heterocycles. The van der Waals surface area contributed by atoms with E-state index in [0.29, 0.717) is 0 Å². The van der Waals surface area contributed by atoms with Crippen molar-refractivity contribution in [3.05, 3.63) is 33.1 Å². The number of nitrogens with zero attached hydrogens (tertiary/aromatic N) is 1. The average molecular weight is 286 g/mol. The third-order valence-corrected chi connectivity index (χ3v) is 3.37. The van der Waals surface area contributed by atoms with Gasteiger partial charge in [0, 0.05) is 12.3 Å². The van der Waals surface area contributed by atoms with E-state index in [0.717, 1.165) is 16.8 Å². The van der Waals surface area contributed by atoms with E-state index < -0.39 is 41.5 Å². The van der Waals surface area contributed by atoms with Crippen LogP contribution in [-0.2, 0) is 14.2 Å². The minimum atomic E-state index is -2.13. The lowest BCUT2D eigenvalue weighted by Gasteiger charge is -2.29. The molecule has 0 aliphatic carbocycles. The Hall–Kier alpha value is -2.16. The van der Waals surface area contributed by atoms with E-state index in [1.807, 2.05) is 4.98 Å². The van der Waals surface area contributed by atoms with Crippen LogP contribution in [0.2, 0.25) is 0 Å². The van der Waals surface area contributed by atoms with Crippen molar-refractivity contribution in [3.63, 3.8) is 0 Å². The van der Waals surface area contributed by atoms with Gasteiger partial charge in [-0.3, -0.25) is 14.3 Å². The van der Waals surface area contributed by atoms with Crippen LogP contribution < -0.4 is 11.2 Å². The zero-order chi connectivity index (χ0) is 14.5. The first-order valence-corrected chi connectivity index (χ1v) is 5.89. The number of aromatic nitrogens is 2. The van der Waals surface area contributed by atoms with Crippen LogP contribution >= 0.6 is 0 Å². The van der Waals surface area contributed by atoms with Gasteiger partial charge in [0.1, 0.15) is 12.7 Å². The number of ether oxygens (including phenoxy) is 3. The van der Waals surface area contributed by atoms with Crippen molar-refractivity contribution in [3.8, 4) is 0 Å². The van der Waals surface area contributed by atoms with Gasteiger partial charge < -0.3 is 14.2 Å². The molecule has 108 valence electrons. The van der Waals surface area contributed by atoms with Crippen molar-refractivity contribution >= 4 is 6.16 Å². The molecule has 2 fully saturated rings. The topological polar surface area (TPSA) is 99.6 Å². The fourth-order valence-corrected chi connectivity index (χ4v) is 2.43. The molecule has 0 bridgehead atoms. The van der Waals surface area contributed by atoms with E-state index >= 15 is 0 Å². The molecule has 0 spiro atoms. The molecular formula is C11H11FN2O6. The molecule has 1 N–H and O–H groups in total. The Morgan fingerprint density at radius 2 is 2.20 bits per heavy atom. The first-order valence-electron chi connectivity index (χ1n) is 5.89. The lowest BCUT2D eigenvalue weighted by molar-refractivity contribution is -0.0996. The predicted octanol–water partition coefficient (Wildman–Crippen LogP) is -0.302. The first kappa shape index (κ1) is 12.9. The number of alkyl halides is 1. The Bertz CT molecular complexity index is 665. The van der Waals surface area contributed by atoms with Crippen molar-refractivity contribution in [1.29, 1.82) is 0 Å². The van der Waals surface area contributed by atoms with E-state index in [2.05, 4.69) is 4.74 Å². The SMILES string of the molecule is C[C@]1(F)C(n2ccc(=O)[nH]c2=O)OC2COC(=O)O[C@H]21. The summed E-state index contributed by atoms with van der Waals surface area (Å²) in [5.41, 5.74) is -3.54. The molecule has 8 nitrogen and oxygen atoms in total. The minimum absolute atomic E-state index is 0.155. The first-order chi connectivity index (χ1) is 9.39. The molecule has 2 saturated heterocycles. The number of rotatable bonds is 1. The van der Waals surface area contributed by atoms with Crippen molar-refractivity contribution in [2.24, 2.45) is 0 Å². The summed E-state index contributed by atoms with van der Waals surface area (Å²) in [5.74, 6) is 0. The number of halogens is 1. The van der Waals surface area contributed by atoms with Gasteiger partial charge in [0.2, 0.25) is 0 Å². The summed E-state index contributed by atoms with van der Waals surface area (Å²) < 4.78 is 30.6. The van der Waals surface area contributed by atoms with Gasteiger partial charge in [0.25, 0.3) is 5.56 Å². The fraction of sp³-hybridized carbons (Fsp3) is 0.545. The summed E-state index contributed by atoms with van der Waals surface area (Å²) >= 11 is 0. The summed E-state index contributed by atoms with van der Waals surface area (Å²) in [7, 11) is 0. The van der Waals surface area contributed by atoms with Gasteiger partial charge in [0.15, 0.2) is 18.0 Å². The van der Waals surface area contributed by atoms with Gasteiger partial charge in [-0.1, -0.05) is 0 Å². The summed E-state index contributed by atoms with van der Waals surface area (Å²) in [4.78, 5) is 35.8. The van der Waals surface area contributed by atoms with Crippen LogP contribution in [0.15, 0.2) is 21.9 Å². The van der Waals surface area contributed by atoms with Gasteiger partial charge in [-0.25, -0.2) is 14.0 Å². The van der Waals surface area contributed by atoms with Crippen LogP contribution in [0, 0.1) is 0 Å². The maximum Gasteiger partial charge on any atom is 0.508 e. The molecule has 0 saturated carbocycles. The molecule has 1 aromatic heterocycles. The quantitative estimate of drug-likeness (QED) is 0.711. The lowest BCUT2D eigenvalue weighted by atomic mass is 9.98. The molecule has 1 aromatic rings. The molecule has 4 atom stereocenters. The third kappa shape index (κ3) is 1.82. The number of nitrogens with one attached hydrogen (secondary N) is 1. The van der Waals surface area contributed by atoms with Gasteiger partial charge in [-0.05, 0) is 6.92 Å². The summed E-state index contributed by atoms with van der Waals surface area (Å²) in [5, 5.41) is 0. The molecule has 9 heteroatoms. The van der Waals surface area contributed by atoms with Crippen LogP contribution in [0.5, 0.6) is 0 Å². The van der Waals surface area contributed by atoms with E-state index in [9.17, 15) is 18.8 Å². The summed E-state index contributed by atoms with van der Waals surface area (Å²) in [6.45, 7) is 1.01. The summed E-state index contributed by atoms with van der Waals surface area (Å²) in [6, 6.07) is 1.07. The monoisotopic (exact) mass is 286 g/mol. The Morgan fingerprint density at radius 1 is 1.45 bits per heavy atom. The maximum atomic E-state index is 14.8. The Labute approximate surface area is 111 Å². The summed E-state index contributed by atoms with van der Waals surface area (Å²) in [6.07, 6.45) is -3.16. The molecule has 2 unspecified atom stereocenters. The normalized spacial score (nSPS) is 36.1. The molecule has 3 rings (SSSR count). The van der Waals surface area contributed by atoms with E-state index in [4.69, 9.17) is 9.47 Å². The van der Waals surface area contributed by atoms with Gasteiger partial charge in [0.05, 0.1) is 0 Å². The second kappa shape index (κ2) is 4.17. The third-order valence-electron chi connectivity index (χ3n) is 3.37.